The van der Waals surface area contributed by atoms with Crippen molar-refractivity contribution in [1.29, 1.82) is 5.26 Å². The topological polar surface area (TPSA) is 39.1 Å². The van der Waals surface area contributed by atoms with E-state index in [4.69, 9.17) is 5.26 Å². The molecule has 1 N–H and O–H groups in total. The van der Waals surface area contributed by atoms with Crippen molar-refractivity contribution >= 4 is 0 Å². The van der Waals surface area contributed by atoms with Crippen LogP contribution in [0.15, 0.2) is 24.3 Å². The van der Waals surface area contributed by atoms with Gasteiger partial charge in [0, 0.05) is 25.7 Å². The molecule has 1 aromatic carbocycles. The van der Waals surface area contributed by atoms with Crippen molar-refractivity contribution in [2.24, 2.45) is 0 Å². The number of hydrogen-bond acceptors (Lipinski definition) is 3. The molecule has 1 heterocycles. The van der Waals surface area contributed by atoms with E-state index >= 15 is 0 Å². The van der Waals surface area contributed by atoms with Crippen molar-refractivity contribution in [3.63, 3.8) is 0 Å². The lowest BCUT2D eigenvalue weighted by Crippen LogP contribution is -2.45. The van der Waals surface area contributed by atoms with Crippen LogP contribution in [0.25, 0.3) is 0 Å². The quantitative estimate of drug-likeness (QED) is 0.860. The lowest BCUT2D eigenvalue weighted by molar-refractivity contribution is 0.201. The first-order valence-corrected chi connectivity index (χ1v) is 6.29. The molecule has 0 spiro atoms. The summed E-state index contributed by atoms with van der Waals surface area (Å²) < 4.78 is 0. The SMILES string of the molecule is CCCN1CCN[C@@H](c2cccc(C#N)c2)C1. The molecule has 0 bridgehead atoms. The molecule has 1 aromatic rings. The Balaban J connectivity index is 2.08. The van der Waals surface area contributed by atoms with Gasteiger partial charge in [0.2, 0.25) is 0 Å². The van der Waals surface area contributed by atoms with E-state index in [1.165, 1.54) is 12.0 Å². The molecule has 1 atom stereocenters. The van der Waals surface area contributed by atoms with Crippen LogP contribution in [0.2, 0.25) is 0 Å². The van der Waals surface area contributed by atoms with E-state index in [2.05, 4.69) is 29.3 Å². The van der Waals surface area contributed by atoms with Crippen molar-refractivity contribution in [3.8, 4) is 6.07 Å². The lowest BCUT2D eigenvalue weighted by Gasteiger charge is -2.33. The third-order valence-corrected chi connectivity index (χ3v) is 3.22. The minimum Gasteiger partial charge on any atom is -0.308 e. The number of hydrogen-bond donors (Lipinski definition) is 1. The molecule has 0 saturated carbocycles. The van der Waals surface area contributed by atoms with Crippen LogP contribution >= 0.6 is 0 Å². The second-order valence-corrected chi connectivity index (χ2v) is 4.54. The maximum Gasteiger partial charge on any atom is 0.0991 e. The largest absolute Gasteiger partial charge is 0.308 e. The summed E-state index contributed by atoms with van der Waals surface area (Å²) in [6, 6.07) is 10.5. The Labute approximate surface area is 103 Å². The first kappa shape index (κ1) is 12.1. The highest BCUT2D eigenvalue weighted by molar-refractivity contribution is 5.34. The fourth-order valence-corrected chi connectivity index (χ4v) is 2.38. The summed E-state index contributed by atoms with van der Waals surface area (Å²) in [6.07, 6.45) is 1.20. The van der Waals surface area contributed by atoms with Crippen LogP contribution in [0.1, 0.15) is 30.5 Å². The zero-order chi connectivity index (χ0) is 12.1. The predicted octanol–water partition coefficient (Wildman–Crippen LogP) is 1.91. The molecule has 1 saturated heterocycles. The van der Waals surface area contributed by atoms with Crippen LogP contribution in [0, 0.1) is 11.3 Å². The van der Waals surface area contributed by atoms with Crippen molar-refractivity contribution < 1.29 is 0 Å². The molecule has 0 aliphatic carbocycles. The molecule has 0 amide bonds. The molecule has 1 aliphatic heterocycles. The Kier molecular flexibility index (Phi) is 4.13. The highest BCUT2D eigenvalue weighted by Crippen LogP contribution is 2.18. The van der Waals surface area contributed by atoms with E-state index < -0.39 is 0 Å². The maximum absolute atomic E-state index is 8.92. The van der Waals surface area contributed by atoms with Crippen molar-refractivity contribution in [2.45, 2.75) is 19.4 Å². The molecule has 1 aliphatic rings. The fourth-order valence-electron chi connectivity index (χ4n) is 2.38. The lowest BCUT2D eigenvalue weighted by atomic mass is 10.0. The molecule has 2 rings (SSSR count). The van der Waals surface area contributed by atoms with E-state index in [1.807, 2.05) is 18.2 Å². The fraction of sp³-hybridized carbons (Fsp3) is 0.500. The van der Waals surface area contributed by atoms with Crippen molar-refractivity contribution in [1.82, 2.24) is 10.2 Å². The average molecular weight is 229 g/mol. The number of benzene rings is 1. The van der Waals surface area contributed by atoms with Gasteiger partial charge in [-0.25, -0.2) is 0 Å². The number of piperazine rings is 1. The van der Waals surface area contributed by atoms with Gasteiger partial charge in [0.25, 0.3) is 0 Å². The maximum atomic E-state index is 8.92. The number of nitrogens with zero attached hydrogens (tertiary/aromatic N) is 2. The smallest absolute Gasteiger partial charge is 0.0991 e. The second-order valence-electron chi connectivity index (χ2n) is 4.54. The Morgan fingerprint density at radius 3 is 3.18 bits per heavy atom. The van der Waals surface area contributed by atoms with E-state index in [-0.39, 0.29) is 0 Å². The summed E-state index contributed by atoms with van der Waals surface area (Å²) in [7, 11) is 0. The zero-order valence-corrected chi connectivity index (χ0v) is 10.3. The minimum atomic E-state index is 0.364. The summed E-state index contributed by atoms with van der Waals surface area (Å²) >= 11 is 0. The zero-order valence-electron chi connectivity index (χ0n) is 10.3. The number of nitrogens with one attached hydrogen (secondary N) is 1. The average Bonchev–Trinajstić information content (AvgIpc) is 2.40. The standard InChI is InChI=1S/C14H19N3/c1-2-7-17-8-6-16-14(11-17)13-5-3-4-12(9-13)10-15/h3-5,9,14,16H,2,6-8,11H2,1H3/t14-/m1/s1. The minimum absolute atomic E-state index is 0.364. The Morgan fingerprint density at radius 1 is 1.53 bits per heavy atom. The highest BCUT2D eigenvalue weighted by atomic mass is 15.2. The second kappa shape index (κ2) is 5.81. The first-order chi connectivity index (χ1) is 8.33. The molecular weight excluding hydrogens is 210 g/mol. The Morgan fingerprint density at radius 2 is 2.41 bits per heavy atom. The summed E-state index contributed by atoms with van der Waals surface area (Å²) in [4.78, 5) is 2.49. The third kappa shape index (κ3) is 3.06. The van der Waals surface area contributed by atoms with Crippen LogP contribution in [0.4, 0.5) is 0 Å². The molecule has 1 fully saturated rings. The Hall–Kier alpha value is -1.37. The van der Waals surface area contributed by atoms with Crippen molar-refractivity contribution in [3.05, 3.63) is 35.4 Å². The summed E-state index contributed by atoms with van der Waals surface area (Å²) in [6.45, 7) is 6.58. The molecule has 0 aromatic heterocycles. The number of rotatable bonds is 3. The van der Waals surface area contributed by atoms with Gasteiger partial charge in [0.15, 0.2) is 0 Å². The van der Waals surface area contributed by atoms with Crippen LogP contribution in [0.5, 0.6) is 0 Å². The molecule has 0 unspecified atom stereocenters. The van der Waals surface area contributed by atoms with Gasteiger partial charge < -0.3 is 10.2 Å². The summed E-state index contributed by atoms with van der Waals surface area (Å²) in [5.41, 5.74) is 1.97. The third-order valence-electron chi connectivity index (χ3n) is 3.22. The van der Waals surface area contributed by atoms with Gasteiger partial charge in [-0.05, 0) is 30.7 Å². The van der Waals surface area contributed by atoms with Gasteiger partial charge in [0.1, 0.15) is 0 Å². The Bertz CT molecular complexity index is 406. The van der Waals surface area contributed by atoms with Gasteiger partial charge in [-0.1, -0.05) is 19.1 Å². The van der Waals surface area contributed by atoms with Crippen LogP contribution in [-0.4, -0.2) is 31.1 Å². The van der Waals surface area contributed by atoms with Gasteiger partial charge >= 0.3 is 0 Å². The van der Waals surface area contributed by atoms with E-state index in [0.29, 0.717) is 6.04 Å². The van der Waals surface area contributed by atoms with E-state index in [9.17, 15) is 0 Å². The monoisotopic (exact) mass is 229 g/mol. The molecular formula is C14H19N3. The summed E-state index contributed by atoms with van der Waals surface area (Å²) in [5, 5.41) is 12.4. The van der Waals surface area contributed by atoms with Gasteiger partial charge in [-0.2, -0.15) is 5.26 Å². The van der Waals surface area contributed by atoms with E-state index in [0.717, 1.165) is 31.7 Å². The first-order valence-electron chi connectivity index (χ1n) is 6.29. The van der Waals surface area contributed by atoms with Crippen LogP contribution in [-0.2, 0) is 0 Å². The normalized spacial score (nSPS) is 21.1. The molecule has 3 heteroatoms. The van der Waals surface area contributed by atoms with Gasteiger partial charge in [-0.3, -0.25) is 0 Å². The van der Waals surface area contributed by atoms with Gasteiger partial charge in [-0.15, -0.1) is 0 Å². The van der Waals surface area contributed by atoms with E-state index in [1.54, 1.807) is 0 Å². The molecule has 17 heavy (non-hydrogen) atoms. The van der Waals surface area contributed by atoms with Crippen molar-refractivity contribution in [2.75, 3.05) is 26.2 Å². The predicted molar refractivity (Wildman–Crippen MR) is 68.6 cm³/mol. The molecule has 3 nitrogen and oxygen atoms in total. The number of nitriles is 1. The molecule has 90 valence electrons. The summed E-state index contributed by atoms with van der Waals surface area (Å²) in [5.74, 6) is 0. The van der Waals surface area contributed by atoms with Crippen LogP contribution in [0.3, 0.4) is 0 Å². The molecule has 0 radical (unpaired) electrons. The highest BCUT2D eigenvalue weighted by Gasteiger charge is 2.19. The van der Waals surface area contributed by atoms with Crippen LogP contribution < -0.4 is 5.32 Å². The van der Waals surface area contributed by atoms with Gasteiger partial charge in [0.05, 0.1) is 11.6 Å².